The van der Waals surface area contributed by atoms with Crippen molar-refractivity contribution >= 4 is 11.8 Å². The average Bonchev–Trinajstić information content (AvgIpc) is 2.87. The fraction of sp³-hybridized carbons (Fsp3) is 0.462. The van der Waals surface area contributed by atoms with Gasteiger partial charge in [-0.2, -0.15) is 0 Å². The van der Waals surface area contributed by atoms with E-state index in [-0.39, 0.29) is 17.9 Å². The molecule has 33 heavy (non-hydrogen) atoms. The quantitative estimate of drug-likeness (QED) is 0.617. The van der Waals surface area contributed by atoms with Crippen LogP contribution in [-0.4, -0.2) is 93.2 Å². The number of carbonyl (C=O) groups excluding carboxylic acids is 2. The van der Waals surface area contributed by atoms with Gasteiger partial charge in [0.2, 0.25) is 5.91 Å². The topological polar surface area (TPSA) is 62.3 Å². The molecule has 1 fully saturated rings. The second kappa shape index (κ2) is 10.9. The van der Waals surface area contributed by atoms with E-state index in [0.29, 0.717) is 38.4 Å². The largest absolute Gasteiger partial charge is 0.383 e. The average molecular weight is 452 g/mol. The van der Waals surface area contributed by atoms with Crippen LogP contribution in [-0.2, 0) is 14.3 Å². The van der Waals surface area contributed by atoms with Crippen molar-refractivity contribution in [3.05, 3.63) is 71.3 Å². The van der Waals surface area contributed by atoms with Crippen molar-refractivity contribution in [3.8, 4) is 0 Å². The molecule has 2 heterocycles. The summed E-state index contributed by atoms with van der Waals surface area (Å²) in [5.41, 5.74) is 2.39. The molecule has 2 aromatic rings. The number of ether oxygens (including phenoxy) is 2. The lowest BCUT2D eigenvalue weighted by atomic mass is 9.78. The molecule has 0 radical (unpaired) electrons. The van der Waals surface area contributed by atoms with E-state index in [4.69, 9.17) is 9.47 Å². The first-order chi connectivity index (χ1) is 16.2. The summed E-state index contributed by atoms with van der Waals surface area (Å²) < 4.78 is 10.5. The molecule has 0 bridgehead atoms. The molecule has 2 unspecified atom stereocenters. The maximum atomic E-state index is 14.1. The Bertz CT molecular complexity index is 944. The lowest BCUT2D eigenvalue weighted by Crippen LogP contribution is -2.54. The van der Waals surface area contributed by atoms with Crippen molar-refractivity contribution in [1.29, 1.82) is 0 Å². The molecule has 2 aliphatic rings. The van der Waals surface area contributed by atoms with Crippen LogP contribution in [0, 0.1) is 0 Å². The van der Waals surface area contributed by atoms with Gasteiger partial charge in [-0.25, -0.2) is 0 Å². The minimum absolute atomic E-state index is 0.0510. The maximum Gasteiger partial charge on any atom is 0.254 e. The molecule has 2 aromatic carbocycles. The number of fused-ring (bicyclic) bond motifs is 1. The van der Waals surface area contributed by atoms with E-state index in [1.165, 1.54) is 0 Å². The predicted molar refractivity (Wildman–Crippen MR) is 126 cm³/mol. The molecule has 0 saturated carbocycles. The van der Waals surface area contributed by atoms with E-state index in [1.807, 2.05) is 64.4 Å². The molecule has 0 N–H and O–H groups in total. The van der Waals surface area contributed by atoms with Crippen LogP contribution < -0.4 is 0 Å². The first kappa shape index (κ1) is 23.4. The van der Waals surface area contributed by atoms with E-state index in [1.54, 1.807) is 14.2 Å². The molecule has 176 valence electrons. The highest BCUT2D eigenvalue weighted by Crippen LogP contribution is 2.43. The standard InChI is InChI=1S/C26H33N3O4/c1-32-18-16-27-12-14-28(15-13-27)26(31)23-21-10-6-7-11-22(21)25(30)29(17-19-33-2)24(23)20-8-4-3-5-9-20/h3-11,23-24H,12-19H2,1-2H3. The van der Waals surface area contributed by atoms with E-state index in [0.717, 1.165) is 30.8 Å². The second-order valence-electron chi connectivity index (χ2n) is 8.57. The molecule has 4 rings (SSSR count). The molecule has 0 aliphatic carbocycles. The summed E-state index contributed by atoms with van der Waals surface area (Å²) in [5, 5.41) is 0. The van der Waals surface area contributed by atoms with Crippen molar-refractivity contribution in [3.63, 3.8) is 0 Å². The van der Waals surface area contributed by atoms with Crippen LogP contribution in [0.1, 0.15) is 33.4 Å². The number of benzene rings is 2. The van der Waals surface area contributed by atoms with Gasteiger partial charge in [-0.3, -0.25) is 14.5 Å². The van der Waals surface area contributed by atoms with Crippen molar-refractivity contribution in [1.82, 2.24) is 14.7 Å². The molecule has 2 atom stereocenters. The second-order valence-corrected chi connectivity index (χ2v) is 8.57. The Hall–Kier alpha value is -2.74. The van der Waals surface area contributed by atoms with Crippen LogP contribution in [0.5, 0.6) is 0 Å². The summed E-state index contributed by atoms with van der Waals surface area (Å²) in [6.07, 6.45) is 0. The van der Waals surface area contributed by atoms with Crippen LogP contribution >= 0.6 is 0 Å². The Kier molecular flexibility index (Phi) is 7.75. The first-order valence-electron chi connectivity index (χ1n) is 11.6. The number of carbonyl (C=O) groups is 2. The zero-order chi connectivity index (χ0) is 23.2. The number of hydrogen-bond donors (Lipinski definition) is 0. The molecule has 0 spiro atoms. The van der Waals surface area contributed by atoms with Gasteiger partial charge in [-0.05, 0) is 17.2 Å². The smallest absolute Gasteiger partial charge is 0.254 e. The van der Waals surface area contributed by atoms with Gasteiger partial charge in [0, 0.05) is 59.1 Å². The Morgan fingerprint density at radius 3 is 2.21 bits per heavy atom. The fourth-order valence-corrected chi connectivity index (χ4v) is 4.92. The fourth-order valence-electron chi connectivity index (χ4n) is 4.92. The third-order valence-electron chi connectivity index (χ3n) is 6.68. The maximum absolute atomic E-state index is 14.1. The van der Waals surface area contributed by atoms with Gasteiger partial charge >= 0.3 is 0 Å². The third-order valence-corrected chi connectivity index (χ3v) is 6.68. The van der Waals surface area contributed by atoms with Crippen molar-refractivity contribution in [2.24, 2.45) is 0 Å². The SMILES string of the molecule is COCCN1CCN(C(=O)C2c3ccccc3C(=O)N(CCOC)C2c2ccccc2)CC1. The van der Waals surface area contributed by atoms with Gasteiger partial charge in [-0.15, -0.1) is 0 Å². The molecular weight excluding hydrogens is 418 g/mol. The van der Waals surface area contributed by atoms with Crippen LogP contribution in [0.3, 0.4) is 0 Å². The van der Waals surface area contributed by atoms with Gasteiger partial charge < -0.3 is 19.3 Å². The van der Waals surface area contributed by atoms with Gasteiger partial charge in [0.1, 0.15) is 0 Å². The molecule has 2 amide bonds. The summed E-state index contributed by atoms with van der Waals surface area (Å²) >= 11 is 0. The predicted octanol–water partition coefficient (Wildman–Crippen LogP) is 2.40. The minimum atomic E-state index is -0.455. The summed E-state index contributed by atoms with van der Waals surface area (Å²) in [6, 6.07) is 17.1. The normalized spacial score (nSPS) is 21.2. The number of nitrogens with zero attached hydrogens (tertiary/aromatic N) is 3. The Balaban J connectivity index is 1.69. The van der Waals surface area contributed by atoms with Crippen LogP contribution in [0.15, 0.2) is 54.6 Å². The van der Waals surface area contributed by atoms with Gasteiger partial charge in [0.15, 0.2) is 0 Å². The first-order valence-corrected chi connectivity index (χ1v) is 11.6. The zero-order valence-corrected chi connectivity index (χ0v) is 19.5. The molecule has 7 nitrogen and oxygen atoms in total. The highest BCUT2D eigenvalue weighted by molar-refractivity contribution is 6.01. The van der Waals surface area contributed by atoms with Crippen LogP contribution in [0.2, 0.25) is 0 Å². The Morgan fingerprint density at radius 1 is 0.879 bits per heavy atom. The van der Waals surface area contributed by atoms with E-state index >= 15 is 0 Å². The monoisotopic (exact) mass is 451 g/mol. The molecule has 1 saturated heterocycles. The lowest BCUT2D eigenvalue weighted by molar-refractivity contribution is -0.136. The van der Waals surface area contributed by atoms with Crippen LogP contribution in [0.4, 0.5) is 0 Å². The van der Waals surface area contributed by atoms with Crippen molar-refractivity contribution in [2.45, 2.75) is 12.0 Å². The number of amides is 2. The Morgan fingerprint density at radius 2 is 1.52 bits per heavy atom. The van der Waals surface area contributed by atoms with Crippen molar-refractivity contribution < 1.29 is 19.1 Å². The highest BCUT2D eigenvalue weighted by Gasteiger charge is 2.45. The van der Waals surface area contributed by atoms with E-state index < -0.39 is 5.92 Å². The zero-order valence-electron chi connectivity index (χ0n) is 19.5. The summed E-state index contributed by atoms with van der Waals surface area (Å²) in [5.74, 6) is -0.425. The van der Waals surface area contributed by atoms with Crippen molar-refractivity contribution in [2.75, 3.05) is 66.7 Å². The van der Waals surface area contributed by atoms with Gasteiger partial charge in [0.25, 0.3) is 5.91 Å². The van der Waals surface area contributed by atoms with E-state index in [2.05, 4.69) is 4.90 Å². The number of methoxy groups -OCH3 is 2. The minimum Gasteiger partial charge on any atom is -0.383 e. The number of hydrogen-bond acceptors (Lipinski definition) is 5. The van der Waals surface area contributed by atoms with E-state index in [9.17, 15) is 9.59 Å². The van der Waals surface area contributed by atoms with Gasteiger partial charge in [-0.1, -0.05) is 48.5 Å². The summed E-state index contributed by atoms with van der Waals surface area (Å²) in [6.45, 7) is 5.41. The van der Waals surface area contributed by atoms with Crippen LogP contribution in [0.25, 0.3) is 0 Å². The summed E-state index contributed by atoms with van der Waals surface area (Å²) in [7, 11) is 3.34. The summed E-state index contributed by atoms with van der Waals surface area (Å²) in [4.78, 5) is 33.7. The number of rotatable bonds is 8. The Labute approximate surface area is 195 Å². The molecule has 2 aliphatic heterocycles. The molecule has 0 aromatic heterocycles. The highest BCUT2D eigenvalue weighted by atomic mass is 16.5. The number of piperazine rings is 1. The molecule has 7 heteroatoms. The lowest BCUT2D eigenvalue weighted by Gasteiger charge is -2.44. The third kappa shape index (κ3) is 4.95. The molecular formula is C26H33N3O4. The van der Waals surface area contributed by atoms with Gasteiger partial charge in [0.05, 0.1) is 25.2 Å².